The Morgan fingerprint density at radius 3 is 2.75 bits per heavy atom. The summed E-state index contributed by atoms with van der Waals surface area (Å²) in [4.78, 5) is 2.08. The van der Waals surface area contributed by atoms with Crippen LogP contribution < -0.4 is 4.90 Å². The molecule has 0 saturated heterocycles. The van der Waals surface area contributed by atoms with E-state index < -0.39 is 0 Å². The van der Waals surface area contributed by atoms with Crippen LogP contribution in [-0.2, 0) is 5.41 Å². The first-order valence-corrected chi connectivity index (χ1v) is 6.83. The molecule has 1 nitrogen and oxygen atoms in total. The van der Waals surface area contributed by atoms with E-state index in [0.29, 0.717) is 8.95 Å². The first kappa shape index (κ1) is 12.4. The van der Waals surface area contributed by atoms with Gasteiger partial charge in [0, 0.05) is 39.2 Å². The summed E-state index contributed by atoms with van der Waals surface area (Å²) in [6.45, 7) is 5.25. The fourth-order valence-electron chi connectivity index (χ4n) is 2.41. The standard InChI is InChI=1S/C12H14ClFIN/c1-7(15)12(2)6-16(3)10-5-8(14)4-9(13)11(10)12/h4-5,7H,6H2,1-3H3. The fraction of sp³-hybridized carbons (Fsp3) is 0.500. The Hall–Kier alpha value is -0.0300. The summed E-state index contributed by atoms with van der Waals surface area (Å²) in [5.41, 5.74) is 2.01. The second-order valence-corrected chi connectivity index (χ2v) is 6.95. The van der Waals surface area contributed by atoms with Crippen LogP contribution in [0.1, 0.15) is 19.4 Å². The predicted octanol–water partition coefficient (Wildman–Crippen LogP) is 4.01. The maximum atomic E-state index is 13.3. The molecule has 1 heterocycles. The van der Waals surface area contributed by atoms with Crippen LogP contribution in [0, 0.1) is 5.82 Å². The molecule has 88 valence electrons. The minimum Gasteiger partial charge on any atom is -0.373 e. The number of anilines is 1. The van der Waals surface area contributed by atoms with Gasteiger partial charge < -0.3 is 4.90 Å². The molecule has 0 aliphatic carbocycles. The highest BCUT2D eigenvalue weighted by Crippen LogP contribution is 2.48. The van der Waals surface area contributed by atoms with Gasteiger partial charge in [-0.05, 0) is 12.1 Å². The minimum atomic E-state index is -0.263. The van der Waals surface area contributed by atoms with Crippen molar-refractivity contribution in [1.29, 1.82) is 0 Å². The molecule has 1 aliphatic rings. The van der Waals surface area contributed by atoms with Crippen molar-refractivity contribution in [2.45, 2.75) is 23.2 Å². The Balaban J connectivity index is 2.66. The van der Waals surface area contributed by atoms with Crippen LogP contribution in [0.5, 0.6) is 0 Å². The predicted molar refractivity (Wildman–Crippen MR) is 75.5 cm³/mol. The van der Waals surface area contributed by atoms with Crippen LogP contribution in [0.15, 0.2) is 12.1 Å². The SMILES string of the molecule is CC(I)C1(C)CN(C)c2cc(F)cc(Cl)c21. The van der Waals surface area contributed by atoms with Crippen LogP contribution in [0.3, 0.4) is 0 Å². The molecule has 4 heteroatoms. The van der Waals surface area contributed by atoms with E-state index in [0.717, 1.165) is 17.8 Å². The number of halogens is 3. The van der Waals surface area contributed by atoms with Gasteiger partial charge in [0.05, 0.1) is 0 Å². The zero-order valence-electron chi connectivity index (χ0n) is 9.52. The zero-order valence-corrected chi connectivity index (χ0v) is 12.4. The molecule has 0 amide bonds. The maximum Gasteiger partial charge on any atom is 0.126 e. The third kappa shape index (κ3) is 1.72. The van der Waals surface area contributed by atoms with E-state index in [1.54, 1.807) is 6.07 Å². The molecule has 16 heavy (non-hydrogen) atoms. The number of likely N-dealkylation sites (N-methyl/N-ethyl adjacent to an activating group) is 1. The zero-order chi connectivity index (χ0) is 12.1. The molecule has 0 saturated carbocycles. The first-order valence-electron chi connectivity index (χ1n) is 5.21. The molecule has 0 aromatic heterocycles. The highest BCUT2D eigenvalue weighted by Gasteiger charge is 2.42. The molecular weight excluding hydrogens is 339 g/mol. The Morgan fingerprint density at radius 2 is 2.19 bits per heavy atom. The molecule has 1 aliphatic heterocycles. The summed E-state index contributed by atoms with van der Waals surface area (Å²) in [7, 11) is 1.98. The second kappa shape index (κ2) is 4.02. The number of hydrogen-bond donors (Lipinski definition) is 0. The average molecular weight is 354 g/mol. The van der Waals surface area contributed by atoms with Gasteiger partial charge in [-0.15, -0.1) is 0 Å². The van der Waals surface area contributed by atoms with Gasteiger partial charge in [0.2, 0.25) is 0 Å². The molecule has 2 atom stereocenters. The van der Waals surface area contributed by atoms with E-state index in [1.807, 2.05) is 7.05 Å². The third-order valence-electron chi connectivity index (χ3n) is 3.46. The van der Waals surface area contributed by atoms with Gasteiger partial charge in [-0.2, -0.15) is 0 Å². The van der Waals surface area contributed by atoms with Gasteiger partial charge in [0.15, 0.2) is 0 Å². The van der Waals surface area contributed by atoms with Crippen molar-refractivity contribution < 1.29 is 4.39 Å². The number of fused-ring (bicyclic) bond motifs is 1. The average Bonchev–Trinajstić information content (AvgIpc) is 2.39. The van der Waals surface area contributed by atoms with E-state index in [2.05, 4.69) is 41.3 Å². The first-order chi connectivity index (χ1) is 7.36. The normalized spacial score (nSPS) is 25.8. The summed E-state index contributed by atoms with van der Waals surface area (Å²) in [6, 6.07) is 2.99. The van der Waals surface area contributed by atoms with Crippen molar-refractivity contribution in [3.8, 4) is 0 Å². The second-order valence-electron chi connectivity index (χ2n) is 4.67. The summed E-state index contributed by atoms with van der Waals surface area (Å²) < 4.78 is 13.8. The molecule has 0 fully saturated rings. The summed E-state index contributed by atoms with van der Waals surface area (Å²) in [5.74, 6) is -0.263. The maximum absolute atomic E-state index is 13.3. The van der Waals surface area contributed by atoms with E-state index in [4.69, 9.17) is 11.6 Å². The highest BCUT2D eigenvalue weighted by molar-refractivity contribution is 14.1. The fourth-order valence-corrected chi connectivity index (χ4v) is 3.33. The monoisotopic (exact) mass is 353 g/mol. The number of nitrogens with zero attached hydrogens (tertiary/aromatic N) is 1. The quantitative estimate of drug-likeness (QED) is 0.545. The van der Waals surface area contributed by atoms with E-state index >= 15 is 0 Å². The van der Waals surface area contributed by atoms with E-state index in [-0.39, 0.29) is 11.2 Å². The molecule has 0 N–H and O–H groups in total. The summed E-state index contributed by atoms with van der Waals surface area (Å²) in [5, 5.41) is 0.547. The van der Waals surface area contributed by atoms with Crippen LogP contribution >= 0.6 is 34.2 Å². The van der Waals surface area contributed by atoms with Crippen molar-refractivity contribution in [3.63, 3.8) is 0 Å². The number of alkyl halides is 1. The molecule has 1 aromatic rings. The summed E-state index contributed by atoms with van der Waals surface area (Å²) in [6.07, 6.45) is 0. The molecular formula is C12H14ClFIN. The Bertz CT molecular complexity index is 435. The Kier molecular flexibility index (Phi) is 3.12. The van der Waals surface area contributed by atoms with E-state index in [1.165, 1.54) is 6.07 Å². The van der Waals surface area contributed by atoms with Crippen molar-refractivity contribution >= 4 is 39.9 Å². The number of rotatable bonds is 1. The van der Waals surface area contributed by atoms with Gasteiger partial charge in [0.1, 0.15) is 5.82 Å². The highest BCUT2D eigenvalue weighted by atomic mass is 127. The Morgan fingerprint density at radius 1 is 1.56 bits per heavy atom. The van der Waals surface area contributed by atoms with Gasteiger partial charge in [-0.25, -0.2) is 4.39 Å². The van der Waals surface area contributed by atoms with Gasteiger partial charge in [-0.1, -0.05) is 48.0 Å². The molecule has 0 spiro atoms. The van der Waals surface area contributed by atoms with Crippen molar-refractivity contribution in [2.75, 3.05) is 18.5 Å². The molecule has 0 radical (unpaired) electrons. The van der Waals surface area contributed by atoms with Crippen molar-refractivity contribution in [2.24, 2.45) is 0 Å². The number of benzene rings is 1. The topological polar surface area (TPSA) is 3.24 Å². The lowest BCUT2D eigenvalue weighted by atomic mass is 9.82. The van der Waals surface area contributed by atoms with Crippen LogP contribution in [0.4, 0.5) is 10.1 Å². The lowest BCUT2D eigenvalue weighted by Gasteiger charge is -2.29. The Labute approximate surface area is 114 Å². The van der Waals surface area contributed by atoms with Crippen LogP contribution in [0.25, 0.3) is 0 Å². The van der Waals surface area contributed by atoms with Crippen LogP contribution in [0.2, 0.25) is 5.02 Å². The molecule has 0 bridgehead atoms. The third-order valence-corrected chi connectivity index (χ3v) is 5.13. The van der Waals surface area contributed by atoms with Gasteiger partial charge in [0.25, 0.3) is 0 Å². The molecule has 2 rings (SSSR count). The van der Waals surface area contributed by atoms with Gasteiger partial charge >= 0.3 is 0 Å². The lowest BCUT2D eigenvalue weighted by Crippen LogP contribution is -2.35. The van der Waals surface area contributed by atoms with Crippen LogP contribution in [-0.4, -0.2) is 17.5 Å². The summed E-state index contributed by atoms with van der Waals surface area (Å²) >= 11 is 8.61. The smallest absolute Gasteiger partial charge is 0.126 e. The number of hydrogen-bond acceptors (Lipinski definition) is 1. The minimum absolute atomic E-state index is 0.00454. The largest absolute Gasteiger partial charge is 0.373 e. The molecule has 2 unspecified atom stereocenters. The molecule has 1 aromatic carbocycles. The van der Waals surface area contributed by atoms with Crippen molar-refractivity contribution in [3.05, 3.63) is 28.5 Å². The van der Waals surface area contributed by atoms with Crippen molar-refractivity contribution in [1.82, 2.24) is 0 Å². The lowest BCUT2D eigenvalue weighted by molar-refractivity contribution is 0.513. The van der Waals surface area contributed by atoms with Gasteiger partial charge in [-0.3, -0.25) is 0 Å². The van der Waals surface area contributed by atoms with E-state index in [9.17, 15) is 4.39 Å².